The van der Waals surface area contributed by atoms with Crippen LogP contribution < -0.4 is 9.80 Å². The van der Waals surface area contributed by atoms with Crippen LogP contribution in [-0.2, 0) is 0 Å². The smallest absolute Gasteiger partial charge is 0.135 e. The molecule has 0 aliphatic heterocycles. The first-order valence-corrected chi connectivity index (χ1v) is 18.3. The molecule has 0 saturated carbocycles. The maximum absolute atomic E-state index is 6.17. The van der Waals surface area contributed by atoms with Crippen LogP contribution in [0.1, 0.15) is 0 Å². The standard InChI is InChI=1S/C48H32N2OS/c1-5-15-35(16-6-1)49(36-17-7-2-8-18-36)39-31-43-42-30-34(33-25-27-46-41(29-33)40-23-13-14-24-45(40)51-46)26-28-47(42)52-48(43)44(32-39)50(37-19-9-3-10-20-37)38-21-11-4-12-22-38/h1-32H. The van der Waals surface area contributed by atoms with Crippen molar-refractivity contribution in [3.05, 3.63) is 194 Å². The Labute approximate surface area is 305 Å². The Hall–Kier alpha value is -6.62. The highest BCUT2D eigenvalue weighted by Crippen LogP contribution is 2.49. The van der Waals surface area contributed by atoms with E-state index >= 15 is 0 Å². The quantitative estimate of drug-likeness (QED) is 0.167. The van der Waals surface area contributed by atoms with Crippen LogP contribution in [0.15, 0.2) is 199 Å². The molecule has 0 bridgehead atoms. The van der Waals surface area contributed by atoms with Gasteiger partial charge >= 0.3 is 0 Å². The Morgan fingerprint density at radius 3 is 1.46 bits per heavy atom. The van der Waals surface area contributed by atoms with Gasteiger partial charge in [-0.1, -0.05) is 103 Å². The van der Waals surface area contributed by atoms with E-state index in [0.29, 0.717) is 0 Å². The summed E-state index contributed by atoms with van der Waals surface area (Å²) < 4.78 is 8.65. The molecule has 4 heteroatoms. The molecule has 0 amide bonds. The van der Waals surface area contributed by atoms with Crippen molar-refractivity contribution >= 4 is 87.6 Å². The van der Waals surface area contributed by atoms with Gasteiger partial charge in [-0.05, 0) is 102 Å². The van der Waals surface area contributed by atoms with Gasteiger partial charge in [0.25, 0.3) is 0 Å². The van der Waals surface area contributed by atoms with Gasteiger partial charge in [0.15, 0.2) is 0 Å². The fourth-order valence-corrected chi connectivity index (χ4v) is 8.58. The number of rotatable bonds is 7. The maximum atomic E-state index is 6.17. The molecule has 0 atom stereocenters. The lowest BCUT2D eigenvalue weighted by Gasteiger charge is -2.30. The first-order chi connectivity index (χ1) is 25.8. The molecule has 52 heavy (non-hydrogen) atoms. The normalized spacial score (nSPS) is 11.5. The monoisotopic (exact) mass is 684 g/mol. The molecule has 0 radical (unpaired) electrons. The fraction of sp³-hybridized carbons (Fsp3) is 0. The molecule has 0 aliphatic carbocycles. The van der Waals surface area contributed by atoms with Gasteiger partial charge in [0.1, 0.15) is 11.2 Å². The Balaban J connectivity index is 1.25. The van der Waals surface area contributed by atoms with Gasteiger partial charge in [-0.3, -0.25) is 0 Å². The van der Waals surface area contributed by atoms with Crippen molar-refractivity contribution < 1.29 is 4.42 Å². The maximum Gasteiger partial charge on any atom is 0.135 e. The van der Waals surface area contributed by atoms with Gasteiger partial charge in [-0.25, -0.2) is 0 Å². The number of furan rings is 1. The molecule has 0 spiro atoms. The number of thiophene rings is 1. The third-order valence-corrected chi connectivity index (χ3v) is 11.0. The zero-order valence-corrected chi connectivity index (χ0v) is 29.0. The molecule has 2 heterocycles. The lowest BCUT2D eigenvalue weighted by atomic mass is 10.00. The SMILES string of the molecule is c1ccc(N(c2ccccc2)c2cc(N(c3ccccc3)c3ccccc3)c3sc4ccc(-c5ccc6oc7ccccc7c6c5)cc4c3c2)cc1. The third kappa shape index (κ3) is 5.20. The van der Waals surface area contributed by atoms with Crippen molar-refractivity contribution in [2.75, 3.05) is 9.80 Å². The van der Waals surface area contributed by atoms with E-state index in [4.69, 9.17) is 4.42 Å². The Kier molecular flexibility index (Phi) is 7.33. The molecule has 0 N–H and O–H groups in total. The molecular formula is C48H32N2OS. The molecule has 10 rings (SSSR count). The highest BCUT2D eigenvalue weighted by atomic mass is 32.1. The molecule has 0 fully saturated rings. The number of fused-ring (bicyclic) bond motifs is 6. The molecule has 0 unspecified atom stereocenters. The number of para-hydroxylation sites is 5. The Morgan fingerprint density at radius 2 is 0.846 bits per heavy atom. The van der Waals surface area contributed by atoms with Crippen molar-refractivity contribution in [2.45, 2.75) is 0 Å². The number of hydrogen-bond donors (Lipinski definition) is 0. The zero-order chi connectivity index (χ0) is 34.4. The van der Waals surface area contributed by atoms with E-state index in [0.717, 1.165) is 56.1 Å². The third-order valence-electron chi connectivity index (χ3n) is 9.80. The first kappa shape index (κ1) is 30.2. The van der Waals surface area contributed by atoms with Gasteiger partial charge in [-0.2, -0.15) is 0 Å². The summed E-state index contributed by atoms with van der Waals surface area (Å²) in [5, 5.41) is 4.73. The van der Waals surface area contributed by atoms with Crippen LogP contribution in [0.2, 0.25) is 0 Å². The predicted octanol–water partition coefficient (Wildman–Crippen LogP) is 14.6. The zero-order valence-electron chi connectivity index (χ0n) is 28.2. The van der Waals surface area contributed by atoms with Gasteiger partial charge in [0, 0.05) is 54.7 Å². The topological polar surface area (TPSA) is 19.6 Å². The second-order valence-electron chi connectivity index (χ2n) is 13.0. The Morgan fingerprint density at radius 1 is 0.346 bits per heavy atom. The van der Waals surface area contributed by atoms with E-state index < -0.39 is 0 Å². The summed E-state index contributed by atoms with van der Waals surface area (Å²) >= 11 is 1.85. The van der Waals surface area contributed by atoms with Crippen molar-refractivity contribution in [1.29, 1.82) is 0 Å². The van der Waals surface area contributed by atoms with E-state index in [2.05, 4.69) is 192 Å². The summed E-state index contributed by atoms with van der Waals surface area (Å²) in [6.07, 6.45) is 0. The lowest BCUT2D eigenvalue weighted by Crippen LogP contribution is -2.13. The van der Waals surface area contributed by atoms with Gasteiger partial charge < -0.3 is 14.2 Å². The van der Waals surface area contributed by atoms with Crippen LogP contribution in [0.4, 0.5) is 34.1 Å². The molecule has 0 aliphatic rings. The molecule has 0 saturated heterocycles. The highest BCUT2D eigenvalue weighted by Gasteiger charge is 2.23. The molecule has 246 valence electrons. The molecule has 2 aromatic heterocycles. The summed E-state index contributed by atoms with van der Waals surface area (Å²) in [4.78, 5) is 4.76. The van der Waals surface area contributed by atoms with Gasteiger partial charge in [-0.15, -0.1) is 11.3 Å². The van der Waals surface area contributed by atoms with Crippen LogP contribution in [0, 0.1) is 0 Å². The minimum absolute atomic E-state index is 0.908. The second kappa shape index (κ2) is 12.6. The molecule has 10 aromatic rings. The molecule has 3 nitrogen and oxygen atoms in total. The first-order valence-electron chi connectivity index (χ1n) is 17.5. The average molecular weight is 685 g/mol. The van der Waals surface area contributed by atoms with Crippen LogP contribution >= 0.6 is 11.3 Å². The van der Waals surface area contributed by atoms with Crippen LogP contribution in [0.5, 0.6) is 0 Å². The number of nitrogens with zero attached hydrogens (tertiary/aromatic N) is 2. The van der Waals surface area contributed by atoms with E-state index in [1.165, 1.54) is 31.3 Å². The summed E-state index contributed by atoms with van der Waals surface area (Å²) in [6, 6.07) is 69.2. The van der Waals surface area contributed by atoms with E-state index in [-0.39, 0.29) is 0 Å². The van der Waals surface area contributed by atoms with Crippen LogP contribution in [0.3, 0.4) is 0 Å². The number of anilines is 6. The average Bonchev–Trinajstić information content (AvgIpc) is 3.78. The van der Waals surface area contributed by atoms with E-state index in [9.17, 15) is 0 Å². The van der Waals surface area contributed by atoms with Gasteiger partial charge in [0.05, 0.1) is 10.4 Å². The number of hydrogen-bond acceptors (Lipinski definition) is 4. The van der Waals surface area contributed by atoms with Crippen LogP contribution in [-0.4, -0.2) is 0 Å². The van der Waals surface area contributed by atoms with Crippen molar-refractivity contribution in [2.24, 2.45) is 0 Å². The summed E-state index contributed by atoms with van der Waals surface area (Å²) in [6.45, 7) is 0. The largest absolute Gasteiger partial charge is 0.456 e. The minimum Gasteiger partial charge on any atom is -0.456 e. The summed E-state index contributed by atoms with van der Waals surface area (Å²) in [5.74, 6) is 0. The van der Waals surface area contributed by atoms with Crippen molar-refractivity contribution in [3.63, 3.8) is 0 Å². The van der Waals surface area contributed by atoms with Crippen molar-refractivity contribution in [1.82, 2.24) is 0 Å². The summed E-state index contributed by atoms with van der Waals surface area (Å²) in [5.41, 5.74) is 10.8. The van der Waals surface area contributed by atoms with E-state index in [1.807, 2.05) is 23.5 Å². The fourth-order valence-electron chi connectivity index (χ4n) is 7.41. The molecule has 8 aromatic carbocycles. The van der Waals surface area contributed by atoms with Crippen LogP contribution in [0.25, 0.3) is 53.2 Å². The van der Waals surface area contributed by atoms with Crippen molar-refractivity contribution in [3.8, 4) is 11.1 Å². The molecular weight excluding hydrogens is 653 g/mol. The summed E-state index contributed by atoms with van der Waals surface area (Å²) in [7, 11) is 0. The predicted molar refractivity (Wildman–Crippen MR) is 221 cm³/mol. The van der Waals surface area contributed by atoms with Gasteiger partial charge in [0.2, 0.25) is 0 Å². The van der Waals surface area contributed by atoms with E-state index in [1.54, 1.807) is 0 Å². The second-order valence-corrected chi connectivity index (χ2v) is 14.0. The lowest BCUT2D eigenvalue weighted by molar-refractivity contribution is 0.669. The number of benzene rings is 8. The Bertz CT molecular complexity index is 2770. The highest BCUT2D eigenvalue weighted by molar-refractivity contribution is 7.26. The minimum atomic E-state index is 0.908.